The van der Waals surface area contributed by atoms with Gasteiger partial charge in [-0.3, -0.25) is 0 Å². The summed E-state index contributed by atoms with van der Waals surface area (Å²) in [5.41, 5.74) is 6.43. The summed E-state index contributed by atoms with van der Waals surface area (Å²) in [6.45, 7) is 4.70. The minimum atomic E-state index is -0.0898. The highest BCUT2D eigenvalue weighted by atomic mass is 32.1. The third-order valence-electron chi connectivity index (χ3n) is 2.59. The van der Waals surface area contributed by atoms with Crippen LogP contribution in [0, 0.1) is 0 Å². The van der Waals surface area contributed by atoms with Crippen LogP contribution in [-0.2, 0) is 11.2 Å². The number of hydrogen-bond donors (Lipinski definition) is 1. The Balaban J connectivity index is 2.04. The van der Waals surface area contributed by atoms with Crippen molar-refractivity contribution >= 4 is 16.5 Å². The maximum absolute atomic E-state index is 5.62. The van der Waals surface area contributed by atoms with E-state index in [1.807, 2.05) is 12.3 Å². The van der Waals surface area contributed by atoms with E-state index in [0.29, 0.717) is 29.9 Å². The molecule has 0 spiro atoms. The van der Waals surface area contributed by atoms with E-state index in [4.69, 9.17) is 15.0 Å². The molecule has 0 bridgehead atoms. The van der Waals surface area contributed by atoms with Crippen LogP contribution in [0.3, 0.4) is 0 Å². The molecule has 0 aliphatic heterocycles. The fourth-order valence-electron chi connectivity index (χ4n) is 1.78. The molecule has 1 unspecified atom stereocenters. The van der Waals surface area contributed by atoms with Crippen LogP contribution < -0.4 is 5.73 Å². The molecule has 0 amide bonds. The number of rotatable bonds is 7. The number of ether oxygens (including phenoxy) is 1. The minimum absolute atomic E-state index is 0.0898. The van der Waals surface area contributed by atoms with Crippen LogP contribution in [0.4, 0.5) is 5.13 Å². The molecule has 0 aliphatic carbocycles. The fourth-order valence-corrected chi connectivity index (χ4v) is 2.34. The Hall–Kier alpha value is -1.47. The van der Waals surface area contributed by atoms with Crippen LogP contribution in [0.15, 0.2) is 9.90 Å². The van der Waals surface area contributed by atoms with Crippen LogP contribution >= 0.6 is 11.3 Å². The Morgan fingerprint density at radius 3 is 2.89 bits per heavy atom. The normalized spacial score (nSPS) is 12.7. The number of nitrogens with zero attached hydrogens (tertiary/aromatic N) is 3. The Morgan fingerprint density at radius 2 is 2.26 bits per heavy atom. The summed E-state index contributed by atoms with van der Waals surface area (Å²) in [6.07, 6.45) is 2.31. The molecule has 0 aliphatic rings. The van der Waals surface area contributed by atoms with Gasteiger partial charge in [0.15, 0.2) is 5.13 Å². The van der Waals surface area contributed by atoms with Gasteiger partial charge in [0.05, 0.1) is 12.1 Å². The lowest BCUT2D eigenvalue weighted by Crippen LogP contribution is -2.06. The molecular weight excluding hydrogens is 264 g/mol. The third-order valence-corrected chi connectivity index (χ3v) is 3.32. The van der Waals surface area contributed by atoms with Gasteiger partial charge in [-0.15, -0.1) is 11.3 Å². The van der Waals surface area contributed by atoms with Crippen molar-refractivity contribution in [3.63, 3.8) is 0 Å². The van der Waals surface area contributed by atoms with Gasteiger partial charge in [-0.1, -0.05) is 18.5 Å². The zero-order valence-corrected chi connectivity index (χ0v) is 11.9. The summed E-state index contributed by atoms with van der Waals surface area (Å²) >= 11 is 1.41. The highest BCUT2D eigenvalue weighted by molar-refractivity contribution is 7.13. The maximum Gasteiger partial charge on any atom is 0.232 e. The zero-order valence-electron chi connectivity index (χ0n) is 11.1. The number of nitrogen functional groups attached to an aromatic ring is 1. The summed E-state index contributed by atoms with van der Waals surface area (Å²) in [5.74, 6) is 1.16. The van der Waals surface area contributed by atoms with E-state index >= 15 is 0 Å². The molecule has 7 heteroatoms. The van der Waals surface area contributed by atoms with Gasteiger partial charge < -0.3 is 15.0 Å². The lowest BCUT2D eigenvalue weighted by Gasteiger charge is -2.11. The SMILES string of the molecule is CCCC(OCC)c1noc(Cc2csc(N)n2)n1. The predicted molar refractivity (Wildman–Crippen MR) is 72.9 cm³/mol. The van der Waals surface area contributed by atoms with Crippen LogP contribution in [-0.4, -0.2) is 21.7 Å². The van der Waals surface area contributed by atoms with E-state index < -0.39 is 0 Å². The van der Waals surface area contributed by atoms with Crippen LogP contribution in [0.2, 0.25) is 0 Å². The smallest absolute Gasteiger partial charge is 0.232 e. The number of nitrogens with two attached hydrogens (primary N) is 1. The average molecular weight is 282 g/mol. The topological polar surface area (TPSA) is 87.1 Å². The van der Waals surface area contributed by atoms with Gasteiger partial charge in [-0.25, -0.2) is 4.98 Å². The van der Waals surface area contributed by atoms with Gasteiger partial charge in [-0.05, 0) is 13.3 Å². The fraction of sp³-hybridized carbons (Fsp3) is 0.583. The Labute approximate surface area is 116 Å². The molecule has 0 fully saturated rings. The first kappa shape index (κ1) is 14.0. The van der Waals surface area contributed by atoms with Crippen LogP contribution in [0.5, 0.6) is 0 Å². The van der Waals surface area contributed by atoms with E-state index in [9.17, 15) is 0 Å². The van der Waals surface area contributed by atoms with E-state index in [0.717, 1.165) is 18.5 Å². The maximum atomic E-state index is 5.62. The quantitative estimate of drug-likeness (QED) is 0.839. The summed E-state index contributed by atoms with van der Waals surface area (Å²) in [6, 6.07) is 0. The molecule has 2 N–H and O–H groups in total. The zero-order chi connectivity index (χ0) is 13.7. The van der Waals surface area contributed by atoms with Gasteiger partial charge in [0, 0.05) is 12.0 Å². The molecule has 0 saturated heterocycles. The van der Waals surface area contributed by atoms with Gasteiger partial charge in [0.1, 0.15) is 6.10 Å². The molecule has 0 radical (unpaired) electrons. The first-order valence-electron chi connectivity index (χ1n) is 6.36. The van der Waals surface area contributed by atoms with Gasteiger partial charge in [-0.2, -0.15) is 4.98 Å². The molecule has 6 nitrogen and oxygen atoms in total. The third kappa shape index (κ3) is 3.74. The van der Waals surface area contributed by atoms with E-state index in [1.54, 1.807) is 0 Å². The summed E-state index contributed by atoms with van der Waals surface area (Å²) in [5, 5.41) is 6.43. The Morgan fingerprint density at radius 1 is 1.42 bits per heavy atom. The number of aromatic nitrogens is 3. The van der Waals surface area contributed by atoms with Gasteiger partial charge in [0.2, 0.25) is 11.7 Å². The molecule has 2 heterocycles. The first-order valence-corrected chi connectivity index (χ1v) is 7.24. The summed E-state index contributed by atoms with van der Waals surface area (Å²) in [4.78, 5) is 8.54. The monoisotopic (exact) mass is 282 g/mol. The van der Waals surface area contributed by atoms with Crippen molar-refractivity contribution in [1.82, 2.24) is 15.1 Å². The van der Waals surface area contributed by atoms with Crippen LogP contribution in [0.1, 0.15) is 50.2 Å². The van der Waals surface area contributed by atoms with Crippen LogP contribution in [0.25, 0.3) is 0 Å². The largest absolute Gasteiger partial charge is 0.375 e. The van der Waals surface area contributed by atoms with Crippen molar-refractivity contribution in [2.24, 2.45) is 0 Å². The molecule has 0 aromatic carbocycles. The molecule has 2 aromatic rings. The number of thiazole rings is 1. The predicted octanol–water partition coefficient (Wildman–Crippen LogP) is 2.58. The molecule has 2 rings (SSSR count). The molecule has 104 valence electrons. The second-order valence-corrected chi connectivity index (χ2v) is 5.02. The average Bonchev–Trinajstić information content (AvgIpc) is 2.99. The summed E-state index contributed by atoms with van der Waals surface area (Å²) in [7, 11) is 0. The highest BCUT2D eigenvalue weighted by Gasteiger charge is 2.18. The van der Waals surface area contributed by atoms with Crippen molar-refractivity contribution in [2.75, 3.05) is 12.3 Å². The number of hydrogen-bond acceptors (Lipinski definition) is 7. The van der Waals surface area contributed by atoms with E-state index in [2.05, 4.69) is 22.0 Å². The Bertz CT molecular complexity index is 505. The molecule has 0 saturated carbocycles. The lowest BCUT2D eigenvalue weighted by molar-refractivity contribution is 0.0478. The second-order valence-electron chi connectivity index (χ2n) is 4.13. The Kier molecular flexibility index (Phi) is 4.86. The van der Waals surface area contributed by atoms with E-state index in [1.165, 1.54) is 11.3 Å². The standard InChI is InChI=1S/C12H18N4O2S/c1-3-5-9(17-4-2)11-15-10(18-16-11)6-8-7-19-12(13)14-8/h7,9H,3-6H2,1-2H3,(H2,13,14). The molecule has 19 heavy (non-hydrogen) atoms. The van der Waals surface area contributed by atoms with Gasteiger partial charge >= 0.3 is 0 Å². The number of anilines is 1. The minimum Gasteiger partial charge on any atom is -0.375 e. The summed E-state index contributed by atoms with van der Waals surface area (Å²) < 4.78 is 10.9. The molecule has 1 atom stereocenters. The molecule has 2 aromatic heterocycles. The van der Waals surface area contributed by atoms with Crippen molar-refractivity contribution in [1.29, 1.82) is 0 Å². The molecular formula is C12H18N4O2S. The van der Waals surface area contributed by atoms with E-state index in [-0.39, 0.29) is 6.10 Å². The van der Waals surface area contributed by atoms with Crippen molar-refractivity contribution in [3.05, 3.63) is 22.8 Å². The van der Waals surface area contributed by atoms with Crippen molar-refractivity contribution in [2.45, 2.75) is 39.2 Å². The van der Waals surface area contributed by atoms with Gasteiger partial charge in [0.25, 0.3) is 0 Å². The first-order chi connectivity index (χ1) is 9.22. The van der Waals surface area contributed by atoms with Crippen molar-refractivity contribution < 1.29 is 9.26 Å². The lowest BCUT2D eigenvalue weighted by atomic mass is 10.2. The highest BCUT2D eigenvalue weighted by Crippen LogP contribution is 2.21. The second kappa shape index (κ2) is 6.63. The van der Waals surface area contributed by atoms with Crippen molar-refractivity contribution in [3.8, 4) is 0 Å².